The van der Waals surface area contributed by atoms with Gasteiger partial charge in [0.1, 0.15) is 0 Å². The summed E-state index contributed by atoms with van der Waals surface area (Å²) in [6.07, 6.45) is 2.51. The number of aryl methyl sites for hydroxylation is 1. The van der Waals surface area contributed by atoms with Crippen LogP contribution in [0.25, 0.3) is 0 Å². The third-order valence-electron chi connectivity index (χ3n) is 3.47. The highest BCUT2D eigenvalue weighted by Crippen LogP contribution is 2.09. The van der Waals surface area contributed by atoms with Gasteiger partial charge < -0.3 is 10.6 Å². The predicted molar refractivity (Wildman–Crippen MR) is 92.0 cm³/mol. The Labute approximate surface area is 137 Å². The van der Waals surface area contributed by atoms with Crippen molar-refractivity contribution in [1.82, 2.24) is 5.32 Å². The van der Waals surface area contributed by atoms with Crippen molar-refractivity contribution in [3.05, 3.63) is 65.7 Å². The second-order valence-electron chi connectivity index (χ2n) is 5.33. The normalized spacial score (nSPS) is 10.0. The fourth-order valence-electron chi connectivity index (χ4n) is 2.28. The van der Waals surface area contributed by atoms with Crippen molar-refractivity contribution in [2.45, 2.75) is 19.3 Å². The molecule has 0 aliphatic carbocycles. The van der Waals surface area contributed by atoms with Gasteiger partial charge in [-0.3, -0.25) is 4.79 Å². The second kappa shape index (κ2) is 9.39. The second-order valence-corrected chi connectivity index (χ2v) is 5.33. The zero-order chi connectivity index (χ0) is 16.3. The number of nitriles is 1. The van der Waals surface area contributed by atoms with E-state index in [2.05, 4.69) is 41.0 Å². The van der Waals surface area contributed by atoms with Crippen LogP contribution in [-0.4, -0.2) is 19.0 Å². The Hall–Kier alpha value is -2.64. The lowest BCUT2D eigenvalue weighted by atomic mass is 10.1. The fraction of sp³-hybridized carbons (Fsp3) is 0.263. The standard InChI is InChI=1S/C19H21N3O/c20-15-17-8-4-10-18(14-17)22-19(23)11-13-21-12-5-9-16-6-2-1-3-7-16/h1-4,6-8,10,14,21H,5,9,11-13H2,(H,22,23). The van der Waals surface area contributed by atoms with Crippen LogP contribution in [0.3, 0.4) is 0 Å². The molecule has 0 saturated carbocycles. The summed E-state index contributed by atoms with van der Waals surface area (Å²) in [4.78, 5) is 11.8. The number of anilines is 1. The number of carbonyl (C=O) groups is 1. The van der Waals surface area contributed by atoms with Crippen molar-refractivity contribution < 1.29 is 4.79 Å². The molecule has 0 radical (unpaired) electrons. The van der Waals surface area contributed by atoms with Gasteiger partial charge in [0.25, 0.3) is 0 Å². The Morgan fingerprint density at radius 1 is 1.04 bits per heavy atom. The zero-order valence-electron chi connectivity index (χ0n) is 13.1. The smallest absolute Gasteiger partial charge is 0.225 e. The quantitative estimate of drug-likeness (QED) is 0.737. The van der Waals surface area contributed by atoms with E-state index in [1.54, 1.807) is 24.3 Å². The van der Waals surface area contributed by atoms with Gasteiger partial charge in [0.05, 0.1) is 11.6 Å². The van der Waals surface area contributed by atoms with E-state index < -0.39 is 0 Å². The molecule has 0 atom stereocenters. The van der Waals surface area contributed by atoms with Crippen LogP contribution >= 0.6 is 0 Å². The minimum Gasteiger partial charge on any atom is -0.326 e. The SMILES string of the molecule is N#Cc1cccc(NC(=O)CCNCCCc2ccccc2)c1. The Morgan fingerprint density at radius 2 is 1.87 bits per heavy atom. The molecule has 1 amide bonds. The lowest BCUT2D eigenvalue weighted by Crippen LogP contribution is -2.23. The molecule has 0 spiro atoms. The predicted octanol–water partition coefficient (Wildman–Crippen LogP) is 3.11. The van der Waals surface area contributed by atoms with Crippen LogP contribution in [0.5, 0.6) is 0 Å². The highest BCUT2D eigenvalue weighted by atomic mass is 16.1. The molecule has 2 aromatic carbocycles. The lowest BCUT2D eigenvalue weighted by Gasteiger charge is -2.07. The van der Waals surface area contributed by atoms with Crippen LogP contribution in [0.4, 0.5) is 5.69 Å². The van der Waals surface area contributed by atoms with Crippen LogP contribution in [-0.2, 0) is 11.2 Å². The number of hydrogen-bond donors (Lipinski definition) is 2. The van der Waals surface area contributed by atoms with Gasteiger partial charge in [-0.1, -0.05) is 36.4 Å². The molecule has 0 heterocycles. The molecular weight excluding hydrogens is 286 g/mol. The molecule has 23 heavy (non-hydrogen) atoms. The maximum Gasteiger partial charge on any atom is 0.225 e. The third-order valence-corrected chi connectivity index (χ3v) is 3.47. The van der Waals surface area contributed by atoms with Crippen LogP contribution in [0, 0.1) is 11.3 Å². The minimum atomic E-state index is -0.0457. The number of nitrogens with zero attached hydrogens (tertiary/aromatic N) is 1. The molecule has 0 fully saturated rings. The summed E-state index contributed by atoms with van der Waals surface area (Å²) in [6.45, 7) is 1.55. The van der Waals surface area contributed by atoms with Crippen molar-refractivity contribution in [3.8, 4) is 6.07 Å². The van der Waals surface area contributed by atoms with Crippen molar-refractivity contribution in [2.24, 2.45) is 0 Å². The van der Waals surface area contributed by atoms with E-state index in [0.29, 0.717) is 24.2 Å². The first-order valence-electron chi connectivity index (χ1n) is 7.82. The average Bonchev–Trinajstić information content (AvgIpc) is 2.59. The summed E-state index contributed by atoms with van der Waals surface area (Å²) in [5, 5.41) is 14.9. The Kier molecular flexibility index (Phi) is 6.83. The van der Waals surface area contributed by atoms with Gasteiger partial charge in [-0.15, -0.1) is 0 Å². The van der Waals surface area contributed by atoms with Crippen LogP contribution < -0.4 is 10.6 Å². The van der Waals surface area contributed by atoms with Crippen LogP contribution in [0.1, 0.15) is 24.0 Å². The van der Waals surface area contributed by atoms with Crippen molar-refractivity contribution in [3.63, 3.8) is 0 Å². The van der Waals surface area contributed by atoms with Gasteiger partial charge in [-0.25, -0.2) is 0 Å². The molecular formula is C19H21N3O. The van der Waals surface area contributed by atoms with E-state index in [0.717, 1.165) is 19.4 Å². The molecule has 4 nitrogen and oxygen atoms in total. The average molecular weight is 307 g/mol. The molecule has 2 aromatic rings. The van der Waals surface area contributed by atoms with E-state index in [4.69, 9.17) is 5.26 Å². The molecule has 2 rings (SSSR count). The van der Waals surface area contributed by atoms with E-state index >= 15 is 0 Å². The van der Waals surface area contributed by atoms with Crippen LogP contribution in [0.2, 0.25) is 0 Å². The molecule has 2 N–H and O–H groups in total. The van der Waals surface area contributed by atoms with E-state index in [1.807, 2.05) is 6.07 Å². The van der Waals surface area contributed by atoms with Gasteiger partial charge in [-0.05, 0) is 43.1 Å². The summed E-state index contributed by atoms with van der Waals surface area (Å²) < 4.78 is 0. The zero-order valence-corrected chi connectivity index (χ0v) is 13.1. The van der Waals surface area contributed by atoms with E-state index in [9.17, 15) is 4.79 Å². The first kappa shape index (κ1) is 16.7. The highest BCUT2D eigenvalue weighted by molar-refractivity contribution is 5.90. The Bertz CT molecular complexity index is 662. The van der Waals surface area contributed by atoms with Gasteiger partial charge in [0.15, 0.2) is 0 Å². The van der Waals surface area contributed by atoms with E-state index in [-0.39, 0.29) is 5.91 Å². The minimum absolute atomic E-state index is 0.0457. The number of nitrogens with one attached hydrogen (secondary N) is 2. The molecule has 0 bridgehead atoms. The summed E-state index contributed by atoms with van der Waals surface area (Å²) >= 11 is 0. The molecule has 0 aliphatic rings. The third kappa shape index (κ3) is 6.33. The number of rotatable bonds is 8. The number of amides is 1. The summed E-state index contributed by atoms with van der Waals surface area (Å²) in [6, 6.07) is 19.4. The van der Waals surface area contributed by atoms with Crippen LogP contribution in [0.15, 0.2) is 54.6 Å². The number of hydrogen-bond acceptors (Lipinski definition) is 3. The Balaban J connectivity index is 1.59. The molecule has 0 unspecified atom stereocenters. The topological polar surface area (TPSA) is 64.9 Å². The maximum absolute atomic E-state index is 11.8. The van der Waals surface area contributed by atoms with Gasteiger partial charge in [0, 0.05) is 18.7 Å². The number of carbonyl (C=O) groups excluding carboxylic acids is 1. The van der Waals surface area contributed by atoms with Crippen molar-refractivity contribution >= 4 is 11.6 Å². The largest absolute Gasteiger partial charge is 0.326 e. The first-order chi connectivity index (χ1) is 11.3. The van der Waals surface area contributed by atoms with Gasteiger partial charge in [-0.2, -0.15) is 5.26 Å². The van der Waals surface area contributed by atoms with Gasteiger partial charge >= 0.3 is 0 Å². The molecule has 0 saturated heterocycles. The molecule has 0 aromatic heterocycles. The fourth-order valence-corrected chi connectivity index (χ4v) is 2.28. The van der Waals surface area contributed by atoms with Crippen molar-refractivity contribution in [1.29, 1.82) is 5.26 Å². The first-order valence-corrected chi connectivity index (χ1v) is 7.82. The monoisotopic (exact) mass is 307 g/mol. The molecule has 4 heteroatoms. The summed E-state index contributed by atoms with van der Waals surface area (Å²) in [5.74, 6) is -0.0457. The maximum atomic E-state index is 11.8. The number of benzene rings is 2. The van der Waals surface area contributed by atoms with Gasteiger partial charge in [0.2, 0.25) is 5.91 Å². The molecule has 0 aliphatic heterocycles. The Morgan fingerprint density at radius 3 is 2.65 bits per heavy atom. The highest BCUT2D eigenvalue weighted by Gasteiger charge is 2.02. The van der Waals surface area contributed by atoms with Crippen molar-refractivity contribution in [2.75, 3.05) is 18.4 Å². The van der Waals surface area contributed by atoms with E-state index in [1.165, 1.54) is 5.56 Å². The summed E-state index contributed by atoms with van der Waals surface area (Å²) in [7, 11) is 0. The molecule has 118 valence electrons. The lowest BCUT2D eigenvalue weighted by molar-refractivity contribution is -0.116. The summed E-state index contributed by atoms with van der Waals surface area (Å²) in [5.41, 5.74) is 2.55.